The summed E-state index contributed by atoms with van der Waals surface area (Å²) in [4.78, 5) is 27.3. The van der Waals surface area contributed by atoms with Crippen LogP contribution in [0.1, 0.15) is 37.3 Å². The van der Waals surface area contributed by atoms with Gasteiger partial charge in [-0.1, -0.05) is 12.2 Å². The van der Waals surface area contributed by atoms with Gasteiger partial charge in [-0.2, -0.15) is 27.9 Å². The first-order valence-corrected chi connectivity index (χ1v) is 13.5. The molecule has 3 heterocycles. The van der Waals surface area contributed by atoms with Gasteiger partial charge in [0.2, 0.25) is 11.9 Å². The van der Waals surface area contributed by atoms with Gasteiger partial charge < -0.3 is 21.1 Å². The van der Waals surface area contributed by atoms with Crippen LogP contribution < -0.4 is 21.1 Å². The molecule has 1 amide bonds. The topological polar surface area (TPSA) is 136 Å². The fourth-order valence-corrected chi connectivity index (χ4v) is 5.24. The molecular weight excluding hydrogens is 551 g/mol. The van der Waals surface area contributed by atoms with Crippen LogP contribution >= 0.6 is 0 Å². The van der Waals surface area contributed by atoms with Crippen molar-refractivity contribution in [3.8, 4) is 11.6 Å². The average Bonchev–Trinajstić information content (AvgIpc) is 3.66. The molecule has 14 heteroatoms. The highest BCUT2D eigenvalue weighted by molar-refractivity contribution is 5.93. The lowest BCUT2D eigenvalue weighted by Crippen LogP contribution is -2.41. The smallest absolute Gasteiger partial charge is 0.416 e. The lowest BCUT2D eigenvalue weighted by molar-refractivity contribution is -0.137. The van der Waals surface area contributed by atoms with Crippen molar-refractivity contribution in [1.29, 1.82) is 0 Å². The minimum Gasteiger partial charge on any atom is -0.492 e. The van der Waals surface area contributed by atoms with Gasteiger partial charge in [-0.05, 0) is 62.2 Å². The van der Waals surface area contributed by atoms with Crippen LogP contribution in [0.15, 0.2) is 60.2 Å². The first kappa shape index (κ1) is 29.0. The van der Waals surface area contributed by atoms with Crippen LogP contribution in [0.25, 0.3) is 5.82 Å². The summed E-state index contributed by atoms with van der Waals surface area (Å²) in [5, 5.41) is 10.5. The van der Waals surface area contributed by atoms with Gasteiger partial charge in [0.25, 0.3) is 0 Å². The second-order valence-electron chi connectivity index (χ2n) is 10.3. The summed E-state index contributed by atoms with van der Waals surface area (Å²) < 4.78 is 49.9. The summed E-state index contributed by atoms with van der Waals surface area (Å²) >= 11 is 0. The highest BCUT2D eigenvalue weighted by Gasteiger charge is 2.42. The molecule has 3 aromatic rings. The minimum absolute atomic E-state index is 0.0441. The fourth-order valence-electron chi connectivity index (χ4n) is 5.24. The number of nitrogens with zero attached hydrogens (tertiary/aromatic N) is 6. The zero-order valence-electron chi connectivity index (χ0n) is 23.3. The number of allylic oxidation sites excluding steroid dienone is 2. The van der Waals surface area contributed by atoms with Crippen molar-refractivity contribution in [2.75, 3.05) is 43.9 Å². The van der Waals surface area contributed by atoms with Gasteiger partial charge in [0.1, 0.15) is 30.8 Å². The number of primary amides is 1. The number of nitrogens with two attached hydrogens (primary N) is 1. The highest BCUT2D eigenvalue weighted by atomic mass is 19.4. The van der Waals surface area contributed by atoms with E-state index >= 15 is 0 Å². The number of nitrogens with one attached hydrogen (secondary N) is 2. The molecular formula is C28H32F3N9O2. The molecule has 2 aromatic heterocycles. The van der Waals surface area contributed by atoms with E-state index in [0.29, 0.717) is 23.8 Å². The molecule has 0 radical (unpaired) electrons. The number of aromatic nitrogens is 5. The van der Waals surface area contributed by atoms with E-state index in [-0.39, 0.29) is 35.9 Å². The summed E-state index contributed by atoms with van der Waals surface area (Å²) in [5.41, 5.74) is 4.50. The molecule has 0 saturated carbocycles. The Morgan fingerprint density at radius 3 is 2.60 bits per heavy atom. The molecule has 4 N–H and O–H groups in total. The number of alkyl halides is 3. The van der Waals surface area contributed by atoms with Crippen molar-refractivity contribution in [1.82, 2.24) is 29.6 Å². The van der Waals surface area contributed by atoms with Gasteiger partial charge in [0, 0.05) is 31.7 Å². The van der Waals surface area contributed by atoms with E-state index in [0.717, 1.165) is 38.1 Å². The van der Waals surface area contributed by atoms with Crippen LogP contribution in [0, 0.1) is 0 Å². The number of anilines is 2. The summed E-state index contributed by atoms with van der Waals surface area (Å²) in [7, 11) is 1.70. The molecule has 0 spiro atoms. The lowest BCUT2D eigenvalue weighted by Gasteiger charge is -2.39. The van der Waals surface area contributed by atoms with E-state index in [1.807, 2.05) is 0 Å². The molecule has 1 atom stereocenters. The third-order valence-electron chi connectivity index (χ3n) is 7.58. The Morgan fingerprint density at radius 1 is 1.10 bits per heavy atom. The zero-order chi connectivity index (χ0) is 29.9. The number of hydrogen-bond donors (Lipinski definition) is 3. The Balaban J connectivity index is 1.59. The summed E-state index contributed by atoms with van der Waals surface area (Å²) in [6.45, 7) is 4.50. The molecule has 222 valence electrons. The van der Waals surface area contributed by atoms with E-state index in [9.17, 15) is 18.0 Å². The Bertz CT molecular complexity index is 1510. The first-order valence-electron chi connectivity index (χ1n) is 13.5. The van der Waals surface area contributed by atoms with Crippen LogP contribution in [0.2, 0.25) is 0 Å². The van der Waals surface area contributed by atoms with Crippen LogP contribution in [0.5, 0.6) is 5.75 Å². The maximum Gasteiger partial charge on any atom is 0.416 e. The molecule has 1 saturated heterocycles. The standard InChI is InChI=1S/C28H32F3N9O2/c1-18-5-6-19(25(32)41)15-27(18,38-26-36-17-37-40(26)24-14-23(33-2)34-16-35-24)20-11-21(28(29,30)31)13-22(12-20)42-10-9-39-7-3-4-8-39/h5-6,11-14,16-17H,3-4,7-10,15H2,1-2H3,(H2,32,41)(H,33,34,35)(H,36,37,38). The van der Waals surface area contributed by atoms with Crippen molar-refractivity contribution < 1.29 is 22.7 Å². The van der Waals surface area contributed by atoms with Crippen LogP contribution in [-0.2, 0) is 16.5 Å². The summed E-state index contributed by atoms with van der Waals surface area (Å²) in [6, 6.07) is 5.27. The van der Waals surface area contributed by atoms with Crippen molar-refractivity contribution >= 4 is 17.7 Å². The maximum atomic E-state index is 14.2. The van der Waals surface area contributed by atoms with Gasteiger partial charge in [-0.3, -0.25) is 9.69 Å². The molecule has 0 bridgehead atoms. The number of benzene rings is 1. The number of hydrogen-bond acceptors (Lipinski definition) is 9. The number of ether oxygens (including phenoxy) is 1. The van der Waals surface area contributed by atoms with E-state index in [1.54, 1.807) is 38.3 Å². The van der Waals surface area contributed by atoms with Crippen molar-refractivity contribution in [2.24, 2.45) is 5.73 Å². The van der Waals surface area contributed by atoms with Gasteiger partial charge in [0.15, 0.2) is 5.82 Å². The summed E-state index contributed by atoms with van der Waals surface area (Å²) in [6.07, 6.45) is 3.38. The second-order valence-corrected chi connectivity index (χ2v) is 10.3. The predicted molar refractivity (Wildman–Crippen MR) is 150 cm³/mol. The fraction of sp³-hybridized carbons (Fsp3) is 0.393. The quantitative estimate of drug-likeness (QED) is 0.327. The number of carbonyl (C=O) groups is 1. The Hall–Kier alpha value is -4.46. The SMILES string of the molecule is CNc1cc(-n2ncnc2NC2(c3cc(OCCN4CCCC4)cc(C(F)(F)F)c3)CC(C(N)=O)=CC=C2C)ncn1. The maximum absolute atomic E-state index is 14.2. The Kier molecular flexibility index (Phi) is 8.16. The van der Waals surface area contributed by atoms with Crippen LogP contribution in [-0.4, -0.2) is 68.8 Å². The van der Waals surface area contributed by atoms with Crippen molar-refractivity contribution in [3.63, 3.8) is 0 Å². The van der Waals surface area contributed by atoms with Crippen molar-refractivity contribution in [2.45, 2.75) is 37.9 Å². The third-order valence-corrected chi connectivity index (χ3v) is 7.58. The predicted octanol–water partition coefficient (Wildman–Crippen LogP) is 3.66. The molecule has 42 heavy (non-hydrogen) atoms. The molecule has 5 rings (SSSR count). The molecule has 1 fully saturated rings. The number of likely N-dealkylation sites (tertiary alicyclic amines) is 1. The molecule has 1 aliphatic carbocycles. The van der Waals surface area contributed by atoms with E-state index in [2.05, 4.69) is 35.6 Å². The number of carbonyl (C=O) groups excluding carboxylic acids is 1. The minimum atomic E-state index is -4.65. The number of amides is 1. The molecule has 1 aromatic carbocycles. The van der Waals surface area contributed by atoms with E-state index in [1.165, 1.54) is 17.3 Å². The monoisotopic (exact) mass is 583 g/mol. The van der Waals surface area contributed by atoms with Crippen LogP contribution in [0.3, 0.4) is 0 Å². The lowest BCUT2D eigenvalue weighted by atomic mass is 9.74. The zero-order valence-corrected chi connectivity index (χ0v) is 23.3. The molecule has 1 unspecified atom stereocenters. The van der Waals surface area contributed by atoms with Gasteiger partial charge in [0.05, 0.1) is 11.1 Å². The molecule has 2 aliphatic rings. The normalized spacial score (nSPS) is 19.3. The average molecular weight is 584 g/mol. The third kappa shape index (κ3) is 6.08. The first-order chi connectivity index (χ1) is 20.1. The Labute approximate surface area is 240 Å². The van der Waals surface area contributed by atoms with Gasteiger partial charge in [-0.15, -0.1) is 0 Å². The van der Waals surface area contributed by atoms with Gasteiger partial charge >= 0.3 is 6.18 Å². The van der Waals surface area contributed by atoms with E-state index < -0.39 is 23.2 Å². The van der Waals surface area contributed by atoms with Gasteiger partial charge in [-0.25, -0.2) is 9.97 Å². The molecule has 1 aliphatic heterocycles. The second kappa shape index (κ2) is 11.8. The molecule has 11 nitrogen and oxygen atoms in total. The number of halogens is 3. The number of rotatable bonds is 10. The van der Waals surface area contributed by atoms with E-state index in [4.69, 9.17) is 10.5 Å². The summed E-state index contributed by atoms with van der Waals surface area (Å²) in [5.74, 6) is 0.456. The van der Waals surface area contributed by atoms with Crippen molar-refractivity contribution in [3.05, 3.63) is 71.3 Å². The Morgan fingerprint density at radius 2 is 1.88 bits per heavy atom. The van der Waals surface area contributed by atoms with Crippen LogP contribution in [0.4, 0.5) is 24.9 Å². The largest absolute Gasteiger partial charge is 0.492 e. The highest BCUT2D eigenvalue weighted by Crippen LogP contribution is 2.44.